The Bertz CT molecular complexity index is 778. The van der Waals surface area contributed by atoms with Gasteiger partial charge in [-0.2, -0.15) is 0 Å². The van der Waals surface area contributed by atoms with Crippen LogP contribution < -0.4 is 14.2 Å². The van der Waals surface area contributed by atoms with Gasteiger partial charge >= 0.3 is 0 Å². The summed E-state index contributed by atoms with van der Waals surface area (Å²) in [5.41, 5.74) is 3.04. The molecule has 5 heteroatoms. The zero-order chi connectivity index (χ0) is 19.9. The van der Waals surface area contributed by atoms with Gasteiger partial charge in [-0.15, -0.1) is 0 Å². The summed E-state index contributed by atoms with van der Waals surface area (Å²) in [6, 6.07) is 11.6. The van der Waals surface area contributed by atoms with Gasteiger partial charge in [-0.05, 0) is 48.6 Å². The molecule has 0 aliphatic carbocycles. The fraction of sp³-hybridized carbons (Fsp3) is 0.409. The highest BCUT2D eigenvalue weighted by atomic mass is 16.5. The number of rotatable bonds is 8. The number of hydrogen-bond acceptors (Lipinski definition) is 5. The third kappa shape index (κ3) is 5.64. The molecule has 0 aliphatic heterocycles. The van der Waals surface area contributed by atoms with Gasteiger partial charge in [0.1, 0.15) is 19.0 Å². The van der Waals surface area contributed by atoms with Gasteiger partial charge in [-0.25, -0.2) is 0 Å². The minimum absolute atomic E-state index is 0.00837. The number of aryl methyl sites for hydroxylation is 1. The summed E-state index contributed by atoms with van der Waals surface area (Å²) in [6.07, 6.45) is 1.35. The van der Waals surface area contributed by atoms with Gasteiger partial charge in [0, 0.05) is 5.56 Å². The second-order valence-electron chi connectivity index (χ2n) is 7.28. The summed E-state index contributed by atoms with van der Waals surface area (Å²) in [7, 11) is 0. The zero-order valence-corrected chi connectivity index (χ0v) is 16.8. The second-order valence-corrected chi connectivity index (χ2v) is 7.28. The summed E-state index contributed by atoms with van der Waals surface area (Å²) in [4.78, 5) is 0. The Morgan fingerprint density at radius 2 is 1.74 bits per heavy atom. The maximum atomic E-state index is 8.67. The summed E-state index contributed by atoms with van der Waals surface area (Å²) in [5, 5.41) is 11.7. The molecule has 2 rings (SSSR count). The predicted molar refractivity (Wildman–Crippen MR) is 108 cm³/mol. The van der Waals surface area contributed by atoms with E-state index in [-0.39, 0.29) is 5.41 Å². The van der Waals surface area contributed by atoms with E-state index in [4.69, 9.17) is 19.4 Å². The molecule has 0 atom stereocenters. The lowest BCUT2D eigenvalue weighted by Gasteiger charge is -2.24. The molecular weight excluding hydrogens is 342 g/mol. The lowest BCUT2D eigenvalue weighted by Crippen LogP contribution is -2.16. The molecule has 0 saturated heterocycles. The molecule has 0 heterocycles. The van der Waals surface area contributed by atoms with E-state index in [9.17, 15) is 0 Å². The molecule has 27 heavy (non-hydrogen) atoms. The standard InChI is InChI=1S/C22H29NO4/c1-6-25-20-14-17(15-23-24)10-11-19(20)26-12-13-27-21-16(2)8-7-9-18(21)22(3,4)5/h7-11,14-15,24H,6,12-13H2,1-5H3. The van der Waals surface area contributed by atoms with Gasteiger partial charge in [0.15, 0.2) is 11.5 Å². The molecule has 0 saturated carbocycles. The highest BCUT2D eigenvalue weighted by molar-refractivity contribution is 5.80. The van der Waals surface area contributed by atoms with Crippen LogP contribution in [0.5, 0.6) is 17.2 Å². The molecule has 0 aliphatic rings. The van der Waals surface area contributed by atoms with Gasteiger partial charge in [-0.3, -0.25) is 0 Å². The van der Waals surface area contributed by atoms with E-state index >= 15 is 0 Å². The maximum absolute atomic E-state index is 8.67. The van der Waals surface area contributed by atoms with Crippen molar-refractivity contribution in [1.82, 2.24) is 0 Å². The third-order valence-electron chi connectivity index (χ3n) is 4.08. The van der Waals surface area contributed by atoms with E-state index in [0.717, 1.165) is 16.9 Å². The first-order valence-corrected chi connectivity index (χ1v) is 9.16. The van der Waals surface area contributed by atoms with Crippen molar-refractivity contribution in [3.05, 3.63) is 53.1 Å². The fourth-order valence-electron chi connectivity index (χ4n) is 2.79. The number of benzene rings is 2. The first-order valence-electron chi connectivity index (χ1n) is 9.16. The highest BCUT2D eigenvalue weighted by Gasteiger charge is 2.20. The van der Waals surface area contributed by atoms with Crippen LogP contribution in [0, 0.1) is 6.92 Å². The van der Waals surface area contributed by atoms with Crippen molar-refractivity contribution in [1.29, 1.82) is 0 Å². The Labute approximate surface area is 161 Å². The quantitative estimate of drug-likeness (QED) is 0.308. The highest BCUT2D eigenvalue weighted by Crippen LogP contribution is 2.34. The average Bonchev–Trinajstić information content (AvgIpc) is 2.61. The van der Waals surface area contributed by atoms with Gasteiger partial charge < -0.3 is 19.4 Å². The van der Waals surface area contributed by atoms with Crippen molar-refractivity contribution in [2.24, 2.45) is 5.16 Å². The first kappa shape index (κ1) is 20.6. The van der Waals surface area contributed by atoms with Crippen LogP contribution in [0.2, 0.25) is 0 Å². The molecule has 0 fully saturated rings. The maximum Gasteiger partial charge on any atom is 0.161 e. The Morgan fingerprint density at radius 1 is 1.00 bits per heavy atom. The zero-order valence-electron chi connectivity index (χ0n) is 16.8. The molecule has 0 spiro atoms. The number of nitrogens with zero attached hydrogens (tertiary/aromatic N) is 1. The van der Waals surface area contributed by atoms with Crippen molar-refractivity contribution in [2.75, 3.05) is 19.8 Å². The number of ether oxygens (including phenoxy) is 3. The SMILES string of the molecule is CCOc1cc(C=NO)ccc1OCCOc1c(C)cccc1C(C)(C)C. The lowest BCUT2D eigenvalue weighted by molar-refractivity contribution is 0.205. The normalized spacial score (nSPS) is 11.6. The van der Waals surface area contributed by atoms with Crippen LogP contribution in [0.4, 0.5) is 0 Å². The van der Waals surface area contributed by atoms with Crippen molar-refractivity contribution < 1.29 is 19.4 Å². The Hall–Kier alpha value is -2.69. The Morgan fingerprint density at radius 3 is 2.41 bits per heavy atom. The minimum atomic E-state index is 0.00837. The van der Waals surface area contributed by atoms with Crippen LogP contribution in [-0.4, -0.2) is 31.2 Å². The van der Waals surface area contributed by atoms with Crippen molar-refractivity contribution in [3.63, 3.8) is 0 Å². The Balaban J connectivity index is 2.04. The largest absolute Gasteiger partial charge is 0.490 e. The topological polar surface area (TPSA) is 60.3 Å². The summed E-state index contributed by atoms with van der Waals surface area (Å²) >= 11 is 0. The van der Waals surface area contributed by atoms with E-state index in [1.165, 1.54) is 11.8 Å². The van der Waals surface area contributed by atoms with Crippen LogP contribution in [0.15, 0.2) is 41.6 Å². The summed E-state index contributed by atoms with van der Waals surface area (Å²) in [5.74, 6) is 2.17. The molecular formula is C22H29NO4. The van der Waals surface area contributed by atoms with Gasteiger partial charge in [0.25, 0.3) is 0 Å². The summed E-state index contributed by atoms with van der Waals surface area (Å²) < 4.78 is 17.5. The molecule has 5 nitrogen and oxygen atoms in total. The van der Waals surface area contributed by atoms with Crippen LogP contribution in [0.3, 0.4) is 0 Å². The van der Waals surface area contributed by atoms with Crippen LogP contribution in [0.1, 0.15) is 44.4 Å². The monoisotopic (exact) mass is 371 g/mol. The van der Waals surface area contributed by atoms with Crippen LogP contribution in [0.25, 0.3) is 0 Å². The number of hydrogen-bond donors (Lipinski definition) is 1. The van der Waals surface area contributed by atoms with E-state index in [0.29, 0.717) is 31.3 Å². The van der Waals surface area contributed by atoms with Crippen molar-refractivity contribution in [2.45, 2.75) is 40.0 Å². The van der Waals surface area contributed by atoms with Crippen molar-refractivity contribution in [3.8, 4) is 17.2 Å². The second kappa shape index (κ2) is 9.31. The van der Waals surface area contributed by atoms with Crippen LogP contribution >= 0.6 is 0 Å². The molecule has 0 bridgehead atoms. The molecule has 0 amide bonds. The van der Waals surface area contributed by atoms with E-state index < -0.39 is 0 Å². The smallest absolute Gasteiger partial charge is 0.161 e. The first-order chi connectivity index (χ1) is 12.9. The van der Waals surface area contributed by atoms with E-state index in [1.54, 1.807) is 18.2 Å². The number of para-hydroxylation sites is 1. The molecule has 0 radical (unpaired) electrons. The van der Waals surface area contributed by atoms with Crippen molar-refractivity contribution >= 4 is 6.21 Å². The Kier molecular flexibility index (Phi) is 7.11. The summed E-state index contributed by atoms with van der Waals surface area (Å²) in [6.45, 7) is 11.8. The molecule has 0 unspecified atom stereocenters. The molecule has 2 aromatic carbocycles. The van der Waals surface area contributed by atoms with Gasteiger partial charge in [0.05, 0.1) is 12.8 Å². The molecule has 2 aromatic rings. The molecule has 146 valence electrons. The predicted octanol–water partition coefficient (Wildman–Crippen LogP) is 4.96. The minimum Gasteiger partial charge on any atom is -0.490 e. The van der Waals surface area contributed by atoms with Crippen LogP contribution in [-0.2, 0) is 5.41 Å². The molecule has 1 N–H and O–H groups in total. The lowest BCUT2D eigenvalue weighted by atomic mass is 9.85. The molecule has 0 aromatic heterocycles. The van der Waals surface area contributed by atoms with Gasteiger partial charge in [-0.1, -0.05) is 44.1 Å². The third-order valence-corrected chi connectivity index (χ3v) is 4.08. The fourth-order valence-corrected chi connectivity index (χ4v) is 2.79. The van der Waals surface area contributed by atoms with E-state index in [2.05, 4.69) is 51.0 Å². The average molecular weight is 371 g/mol. The van der Waals surface area contributed by atoms with E-state index in [1.807, 2.05) is 6.92 Å². The number of oxime groups is 1. The van der Waals surface area contributed by atoms with Gasteiger partial charge in [0.2, 0.25) is 0 Å².